The molecule has 1 aromatic heterocycles. The van der Waals surface area contributed by atoms with Crippen molar-refractivity contribution in [2.45, 2.75) is 18.8 Å². The second-order valence-corrected chi connectivity index (χ2v) is 5.30. The van der Waals surface area contributed by atoms with Gasteiger partial charge in [-0.25, -0.2) is 4.98 Å². The highest BCUT2D eigenvalue weighted by Crippen LogP contribution is 2.41. The summed E-state index contributed by atoms with van der Waals surface area (Å²) in [5, 5.41) is 9.33. The molecule has 0 unspecified atom stereocenters. The third kappa shape index (κ3) is 2.43. The van der Waals surface area contributed by atoms with Gasteiger partial charge in [0.15, 0.2) is 6.29 Å². The van der Waals surface area contributed by atoms with Crippen LogP contribution < -0.4 is 0 Å². The number of pyridine rings is 1. The van der Waals surface area contributed by atoms with Gasteiger partial charge in [-0.1, -0.05) is 17.7 Å². The molecule has 98 valence electrons. The van der Waals surface area contributed by atoms with E-state index in [0.29, 0.717) is 22.2 Å². The van der Waals surface area contributed by atoms with E-state index in [9.17, 15) is 4.79 Å². The molecule has 0 amide bonds. The van der Waals surface area contributed by atoms with Crippen LogP contribution in [0.15, 0.2) is 30.3 Å². The Morgan fingerprint density at radius 3 is 2.75 bits per heavy atom. The normalized spacial score (nSPS) is 13.8. The number of rotatable bonds is 3. The number of halogens is 1. The zero-order valence-corrected chi connectivity index (χ0v) is 11.4. The number of carbonyl (C=O) groups is 1. The topological polar surface area (TPSA) is 53.8 Å². The predicted molar refractivity (Wildman–Crippen MR) is 76.8 cm³/mol. The number of hydrogen-bond acceptors (Lipinski definition) is 3. The molecule has 0 spiro atoms. The van der Waals surface area contributed by atoms with E-state index < -0.39 is 0 Å². The van der Waals surface area contributed by atoms with E-state index in [4.69, 9.17) is 16.9 Å². The summed E-state index contributed by atoms with van der Waals surface area (Å²) in [6.07, 6.45) is 3.04. The number of carbonyl (C=O) groups excluding carboxylic acids is 1. The summed E-state index contributed by atoms with van der Waals surface area (Å²) in [5.74, 6) is 0.491. The SMILES string of the molecule is N#Cc1ccc(-c2cc(Cl)nc(C3CC3)c2)c(C=O)c1. The van der Waals surface area contributed by atoms with E-state index in [1.807, 2.05) is 12.1 Å². The first-order valence-corrected chi connectivity index (χ1v) is 6.76. The lowest BCUT2D eigenvalue weighted by Gasteiger charge is -2.08. The van der Waals surface area contributed by atoms with Gasteiger partial charge in [0.1, 0.15) is 5.15 Å². The van der Waals surface area contributed by atoms with Crippen molar-refractivity contribution in [3.8, 4) is 17.2 Å². The molecule has 3 rings (SSSR count). The molecule has 1 saturated carbocycles. The lowest BCUT2D eigenvalue weighted by molar-refractivity contribution is 0.112. The van der Waals surface area contributed by atoms with Gasteiger partial charge in [-0.05, 0) is 48.2 Å². The van der Waals surface area contributed by atoms with Crippen LogP contribution in [0.4, 0.5) is 0 Å². The molecule has 4 heteroatoms. The summed E-state index contributed by atoms with van der Waals surface area (Å²) in [4.78, 5) is 15.6. The fraction of sp³-hybridized carbons (Fsp3) is 0.188. The molecule has 0 N–H and O–H groups in total. The summed E-state index contributed by atoms with van der Waals surface area (Å²) >= 11 is 6.07. The first-order valence-electron chi connectivity index (χ1n) is 6.38. The Labute approximate surface area is 121 Å². The van der Waals surface area contributed by atoms with Crippen molar-refractivity contribution in [1.29, 1.82) is 5.26 Å². The lowest BCUT2D eigenvalue weighted by atomic mass is 9.98. The standard InChI is InChI=1S/C16H11ClN2O/c17-16-7-12(6-15(19-16)11-2-3-11)14-4-1-10(8-18)5-13(14)9-20/h1,4-7,9,11H,2-3H2. The smallest absolute Gasteiger partial charge is 0.150 e. The average molecular weight is 283 g/mol. The van der Waals surface area contributed by atoms with E-state index >= 15 is 0 Å². The molecular weight excluding hydrogens is 272 g/mol. The number of aromatic nitrogens is 1. The molecule has 20 heavy (non-hydrogen) atoms. The van der Waals surface area contributed by atoms with Crippen molar-refractivity contribution < 1.29 is 4.79 Å². The first-order chi connectivity index (χ1) is 9.71. The predicted octanol–water partition coefficient (Wildman–Crippen LogP) is 3.96. The third-order valence-electron chi connectivity index (χ3n) is 3.43. The summed E-state index contributed by atoms with van der Waals surface area (Å²) < 4.78 is 0. The van der Waals surface area contributed by atoms with Gasteiger partial charge in [-0.15, -0.1) is 0 Å². The summed E-state index contributed by atoms with van der Waals surface area (Å²) in [6, 6.07) is 10.8. The van der Waals surface area contributed by atoms with E-state index in [0.717, 1.165) is 35.9 Å². The van der Waals surface area contributed by atoms with Crippen LogP contribution in [0.2, 0.25) is 5.15 Å². The number of nitrogens with zero attached hydrogens (tertiary/aromatic N) is 2. The van der Waals surface area contributed by atoms with Crippen LogP contribution in [-0.2, 0) is 0 Å². The Bertz CT molecular complexity index is 730. The summed E-state index contributed by atoms with van der Waals surface area (Å²) in [7, 11) is 0. The molecule has 1 aliphatic rings. The maximum atomic E-state index is 11.2. The molecule has 0 bridgehead atoms. The van der Waals surface area contributed by atoms with E-state index in [1.54, 1.807) is 24.3 Å². The van der Waals surface area contributed by atoms with Crippen molar-refractivity contribution in [2.24, 2.45) is 0 Å². The molecule has 1 aromatic carbocycles. The minimum atomic E-state index is 0.436. The van der Waals surface area contributed by atoms with Crippen LogP contribution in [0.1, 0.15) is 40.4 Å². The molecule has 1 heterocycles. The van der Waals surface area contributed by atoms with Gasteiger partial charge in [0.25, 0.3) is 0 Å². The van der Waals surface area contributed by atoms with Crippen LogP contribution in [-0.4, -0.2) is 11.3 Å². The van der Waals surface area contributed by atoms with Gasteiger partial charge in [-0.3, -0.25) is 4.79 Å². The molecule has 0 radical (unpaired) electrons. The second kappa shape index (κ2) is 5.07. The molecule has 0 aliphatic heterocycles. The number of aldehydes is 1. The van der Waals surface area contributed by atoms with Gasteiger partial charge in [0.05, 0.1) is 11.6 Å². The highest BCUT2D eigenvalue weighted by Gasteiger charge is 2.26. The second-order valence-electron chi connectivity index (χ2n) is 4.91. The Hall–Kier alpha value is -2.18. The molecular formula is C16H11ClN2O. The molecule has 3 nitrogen and oxygen atoms in total. The van der Waals surface area contributed by atoms with Crippen LogP contribution in [0.3, 0.4) is 0 Å². The average Bonchev–Trinajstić information content (AvgIpc) is 3.30. The molecule has 2 aromatic rings. The maximum absolute atomic E-state index is 11.2. The monoisotopic (exact) mass is 282 g/mol. The Morgan fingerprint density at radius 2 is 2.10 bits per heavy atom. The van der Waals surface area contributed by atoms with Crippen molar-refractivity contribution in [3.63, 3.8) is 0 Å². The number of benzene rings is 1. The van der Waals surface area contributed by atoms with Gasteiger partial charge < -0.3 is 0 Å². The minimum absolute atomic E-state index is 0.436. The highest BCUT2D eigenvalue weighted by atomic mass is 35.5. The highest BCUT2D eigenvalue weighted by molar-refractivity contribution is 6.29. The van der Waals surface area contributed by atoms with Crippen molar-refractivity contribution >= 4 is 17.9 Å². The first kappa shape index (κ1) is 12.8. The van der Waals surface area contributed by atoms with Gasteiger partial charge in [-0.2, -0.15) is 5.26 Å². The van der Waals surface area contributed by atoms with Gasteiger partial charge in [0, 0.05) is 17.2 Å². The van der Waals surface area contributed by atoms with Crippen molar-refractivity contribution in [2.75, 3.05) is 0 Å². The van der Waals surface area contributed by atoms with E-state index in [-0.39, 0.29) is 0 Å². The minimum Gasteiger partial charge on any atom is -0.298 e. The molecule has 0 atom stereocenters. The zero-order valence-electron chi connectivity index (χ0n) is 10.6. The Morgan fingerprint density at radius 1 is 1.30 bits per heavy atom. The van der Waals surface area contributed by atoms with Crippen LogP contribution >= 0.6 is 11.6 Å². The zero-order chi connectivity index (χ0) is 14.1. The number of nitriles is 1. The molecule has 0 saturated heterocycles. The van der Waals surface area contributed by atoms with Crippen LogP contribution in [0.25, 0.3) is 11.1 Å². The number of hydrogen-bond donors (Lipinski definition) is 0. The largest absolute Gasteiger partial charge is 0.298 e. The molecule has 1 aliphatic carbocycles. The third-order valence-corrected chi connectivity index (χ3v) is 3.62. The van der Waals surface area contributed by atoms with E-state index in [2.05, 4.69) is 4.98 Å². The van der Waals surface area contributed by atoms with Crippen molar-refractivity contribution in [3.05, 3.63) is 52.3 Å². The fourth-order valence-corrected chi connectivity index (χ4v) is 2.47. The van der Waals surface area contributed by atoms with Gasteiger partial charge >= 0.3 is 0 Å². The summed E-state index contributed by atoms with van der Waals surface area (Å²) in [6.45, 7) is 0. The maximum Gasteiger partial charge on any atom is 0.150 e. The summed E-state index contributed by atoms with van der Waals surface area (Å²) in [5.41, 5.74) is 3.60. The van der Waals surface area contributed by atoms with Crippen LogP contribution in [0.5, 0.6) is 0 Å². The Kier molecular flexibility index (Phi) is 3.25. The quantitative estimate of drug-likeness (QED) is 0.632. The fourth-order valence-electron chi connectivity index (χ4n) is 2.25. The van der Waals surface area contributed by atoms with Crippen molar-refractivity contribution in [1.82, 2.24) is 4.98 Å². The lowest BCUT2D eigenvalue weighted by Crippen LogP contribution is -1.93. The van der Waals surface area contributed by atoms with Crippen LogP contribution in [0, 0.1) is 11.3 Å². The molecule has 1 fully saturated rings. The Balaban J connectivity index is 2.13. The van der Waals surface area contributed by atoms with E-state index in [1.165, 1.54) is 0 Å². The van der Waals surface area contributed by atoms with Gasteiger partial charge in [0.2, 0.25) is 0 Å².